The molecule has 0 aliphatic rings. The van der Waals surface area contributed by atoms with Gasteiger partial charge in [-0.05, 0) is 6.42 Å². The molecule has 72 valence electrons. The van der Waals surface area contributed by atoms with E-state index in [1.807, 2.05) is 0 Å². The van der Waals surface area contributed by atoms with E-state index in [1.54, 1.807) is 0 Å². The number of nitrogens with zero attached hydrogens (tertiary/aromatic N) is 3. The highest BCUT2D eigenvalue weighted by Gasteiger charge is 2.11. The van der Waals surface area contributed by atoms with Crippen molar-refractivity contribution in [3.63, 3.8) is 0 Å². The summed E-state index contributed by atoms with van der Waals surface area (Å²) in [5.41, 5.74) is 10.6. The van der Waals surface area contributed by atoms with E-state index in [0.29, 0.717) is 18.8 Å². The first-order valence-corrected chi connectivity index (χ1v) is 3.73. The second-order valence-electron chi connectivity index (χ2n) is 2.64. The number of rotatable bonds is 4. The zero-order valence-electron chi connectivity index (χ0n) is 6.92. The zero-order valence-corrected chi connectivity index (χ0v) is 6.92. The minimum absolute atomic E-state index is 0.304. The van der Waals surface area contributed by atoms with Gasteiger partial charge in [-0.15, -0.1) is 5.10 Å². The third-order valence-electron chi connectivity index (χ3n) is 1.54. The quantitative estimate of drug-likeness (QED) is 0.534. The van der Waals surface area contributed by atoms with Gasteiger partial charge in [0.05, 0.1) is 6.20 Å². The highest BCUT2D eigenvalue weighted by molar-refractivity contribution is 5.72. The maximum absolute atomic E-state index is 10.3. The third-order valence-corrected chi connectivity index (χ3v) is 1.54. The van der Waals surface area contributed by atoms with Gasteiger partial charge in [-0.1, -0.05) is 5.21 Å². The Kier molecular flexibility index (Phi) is 2.80. The first-order valence-electron chi connectivity index (χ1n) is 3.73. The molecule has 0 amide bonds. The second kappa shape index (κ2) is 3.85. The molecule has 0 spiro atoms. The zero-order chi connectivity index (χ0) is 9.84. The van der Waals surface area contributed by atoms with E-state index in [-0.39, 0.29) is 0 Å². The van der Waals surface area contributed by atoms with Crippen molar-refractivity contribution in [3.05, 3.63) is 6.20 Å². The molecule has 0 aromatic carbocycles. The Morgan fingerprint density at radius 1 is 1.77 bits per heavy atom. The number of aryl methyl sites for hydroxylation is 1. The Hall–Kier alpha value is -1.63. The van der Waals surface area contributed by atoms with Gasteiger partial charge in [0.15, 0.2) is 5.82 Å². The topological polar surface area (TPSA) is 120 Å². The summed E-state index contributed by atoms with van der Waals surface area (Å²) < 4.78 is 1.46. The summed E-state index contributed by atoms with van der Waals surface area (Å²) >= 11 is 0. The number of aromatic nitrogens is 3. The highest BCUT2D eigenvalue weighted by atomic mass is 16.4. The van der Waals surface area contributed by atoms with Gasteiger partial charge in [0.2, 0.25) is 0 Å². The predicted molar refractivity (Wildman–Crippen MR) is 44.7 cm³/mol. The minimum Gasteiger partial charge on any atom is -0.480 e. The van der Waals surface area contributed by atoms with E-state index < -0.39 is 12.0 Å². The van der Waals surface area contributed by atoms with Crippen LogP contribution in [0.5, 0.6) is 0 Å². The largest absolute Gasteiger partial charge is 0.480 e. The smallest absolute Gasteiger partial charge is 0.320 e. The molecule has 0 bridgehead atoms. The van der Waals surface area contributed by atoms with Crippen LogP contribution in [0.4, 0.5) is 5.82 Å². The summed E-state index contributed by atoms with van der Waals surface area (Å²) in [5.74, 6) is -0.711. The SMILES string of the molecule is Nc1cn(CCC(N)C(=O)O)nn1. The van der Waals surface area contributed by atoms with Crippen LogP contribution in [0, 0.1) is 0 Å². The van der Waals surface area contributed by atoms with E-state index in [9.17, 15) is 4.79 Å². The van der Waals surface area contributed by atoms with Crippen LogP contribution in [-0.2, 0) is 11.3 Å². The van der Waals surface area contributed by atoms with Crippen LogP contribution in [0.3, 0.4) is 0 Å². The summed E-state index contributed by atoms with van der Waals surface area (Å²) in [5, 5.41) is 15.7. The summed E-state index contributed by atoms with van der Waals surface area (Å²) in [6.45, 7) is 0.400. The fourth-order valence-corrected chi connectivity index (χ4v) is 0.818. The monoisotopic (exact) mass is 185 g/mol. The third kappa shape index (κ3) is 2.71. The number of carbonyl (C=O) groups is 1. The number of aliphatic carboxylic acids is 1. The Labute approximate surface area is 74.3 Å². The average Bonchev–Trinajstić information content (AvgIpc) is 2.47. The van der Waals surface area contributed by atoms with Crippen LogP contribution in [0.1, 0.15) is 6.42 Å². The lowest BCUT2D eigenvalue weighted by molar-refractivity contribution is -0.138. The maximum Gasteiger partial charge on any atom is 0.320 e. The summed E-state index contributed by atoms with van der Waals surface area (Å²) in [6.07, 6.45) is 1.83. The highest BCUT2D eigenvalue weighted by Crippen LogP contribution is 1.96. The Bertz CT molecular complexity index is 297. The fourth-order valence-electron chi connectivity index (χ4n) is 0.818. The summed E-state index contributed by atoms with van der Waals surface area (Å²) in [7, 11) is 0. The minimum atomic E-state index is -1.02. The van der Waals surface area contributed by atoms with Crippen molar-refractivity contribution >= 4 is 11.8 Å². The Morgan fingerprint density at radius 3 is 2.92 bits per heavy atom. The molecule has 13 heavy (non-hydrogen) atoms. The van der Waals surface area contributed by atoms with Crippen LogP contribution in [0.2, 0.25) is 0 Å². The standard InChI is InChI=1S/C6H11N5O2/c7-4(6(12)13)1-2-11-3-5(8)9-10-11/h3-4H,1-2,7-8H2,(H,12,13). The van der Waals surface area contributed by atoms with Gasteiger partial charge in [-0.25, -0.2) is 0 Å². The van der Waals surface area contributed by atoms with E-state index >= 15 is 0 Å². The maximum atomic E-state index is 10.3. The van der Waals surface area contributed by atoms with Crippen molar-refractivity contribution in [2.24, 2.45) is 5.73 Å². The molecular formula is C6H11N5O2. The molecule has 1 heterocycles. The molecular weight excluding hydrogens is 174 g/mol. The molecule has 5 N–H and O–H groups in total. The van der Waals surface area contributed by atoms with Crippen molar-refractivity contribution in [1.82, 2.24) is 15.0 Å². The first kappa shape index (κ1) is 9.46. The molecule has 1 atom stereocenters. The lowest BCUT2D eigenvalue weighted by Crippen LogP contribution is -2.31. The van der Waals surface area contributed by atoms with Crippen molar-refractivity contribution in [3.8, 4) is 0 Å². The summed E-state index contributed by atoms with van der Waals surface area (Å²) in [6, 6.07) is -0.870. The van der Waals surface area contributed by atoms with Gasteiger partial charge >= 0.3 is 5.97 Å². The van der Waals surface area contributed by atoms with Gasteiger partial charge in [0, 0.05) is 6.54 Å². The number of nitrogen functional groups attached to an aromatic ring is 1. The number of hydrogen-bond donors (Lipinski definition) is 3. The Balaban J connectivity index is 2.39. The normalized spacial score (nSPS) is 12.7. The average molecular weight is 185 g/mol. The van der Waals surface area contributed by atoms with E-state index in [4.69, 9.17) is 16.6 Å². The molecule has 0 radical (unpaired) electrons. The van der Waals surface area contributed by atoms with E-state index in [1.165, 1.54) is 10.9 Å². The van der Waals surface area contributed by atoms with Gasteiger partial charge in [-0.3, -0.25) is 9.48 Å². The molecule has 1 rings (SSSR count). The number of carboxylic acid groups (broad SMARTS) is 1. The second-order valence-corrected chi connectivity index (χ2v) is 2.64. The van der Waals surface area contributed by atoms with Gasteiger partial charge in [0.25, 0.3) is 0 Å². The number of anilines is 1. The number of nitrogens with two attached hydrogens (primary N) is 2. The molecule has 0 aliphatic heterocycles. The van der Waals surface area contributed by atoms with E-state index in [2.05, 4.69) is 10.3 Å². The van der Waals surface area contributed by atoms with Crippen molar-refractivity contribution < 1.29 is 9.90 Å². The molecule has 1 unspecified atom stereocenters. The van der Waals surface area contributed by atoms with Crippen molar-refractivity contribution in [1.29, 1.82) is 0 Å². The molecule has 0 saturated carbocycles. The lowest BCUT2D eigenvalue weighted by Gasteiger charge is -2.04. The number of hydrogen-bond acceptors (Lipinski definition) is 5. The summed E-state index contributed by atoms with van der Waals surface area (Å²) in [4.78, 5) is 10.3. The molecule has 1 aromatic heterocycles. The predicted octanol–water partition coefficient (Wildman–Crippen LogP) is -1.34. The molecule has 0 fully saturated rings. The van der Waals surface area contributed by atoms with Crippen molar-refractivity contribution in [2.75, 3.05) is 5.73 Å². The fraction of sp³-hybridized carbons (Fsp3) is 0.500. The molecule has 0 saturated heterocycles. The van der Waals surface area contributed by atoms with Crippen LogP contribution in [0.15, 0.2) is 6.20 Å². The first-order chi connectivity index (χ1) is 6.09. The van der Waals surface area contributed by atoms with Crippen LogP contribution in [-0.4, -0.2) is 32.1 Å². The molecule has 0 aliphatic carbocycles. The Morgan fingerprint density at radius 2 is 2.46 bits per heavy atom. The number of carboxylic acids is 1. The molecule has 7 nitrogen and oxygen atoms in total. The van der Waals surface area contributed by atoms with Crippen molar-refractivity contribution in [2.45, 2.75) is 19.0 Å². The van der Waals surface area contributed by atoms with E-state index in [0.717, 1.165) is 0 Å². The lowest BCUT2D eigenvalue weighted by atomic mass is 10.2. The van der Waals surface area contributed by atoms with Gasteiger partial charge < -0.3 is 16.6 Å². The van der Waals surface area contributed by atoms with Crippen LogP contribution in [0.25, 0.3) is 0 Å². The van der Waals surface area contributed by atoms with Gasteiger partial charge in [0.1, 0.15) is 6.04 Å². The molecule has 7 heteroatoms. The van der Waals surface area contributed by atoms with Crippen LogP contribution >= 0.6 is 0 Å². The van der Waals surface area contributed by atoms with Gasteiger partial charge in [-0.2, -0.15) is 0 Å². The van der Waals surface area contributed by atoms with Crippen LogP contribution < -0.4 is 11.5 Å². The molecule has 1 aromatic rings.